The van der Waals surface area contributed by atoms with Crippen LogP contribution in [0.3, 0.4) is 0 Å². The summed E-state index contributed by atoms with van der Waals surface area (Å²) < 4.78 is 0. The van der Waals surface area contributed by atoms with Crippen LogP contribution in [0.4, 0.5) is 0 Å². The van der Waals surface area contributed by atoms with Gasteiger partial charge in [-0.1, -0.05) is 11.6 Å². The number of rotatable bonds is 7. The van der Waals surface area contributed by atoms with Crippen molar-refractivity contribution in [2.45, 2.75) is 19.9 Å². The molecule has 0 radical (unpaired) electrons. The number of nitrogens with one attached hydrogen (secondary N) is 1. The highest BCUT2D eigenvalue weighted by molar-refractivity contribution is 7.99. The van der Waals surface area contributed by atoms with Gasteiger partial charge in [0.25, 0.3) is 0 Å². The monoisotopic (exact) mass is 247 g/mol. The van der Waals surface area contributed by atoms with Gasteiger partial charge in [-0.05, 0) is 6.92 Å². The van der Waals surface area contributed by atoms with Gasteiger partial charge >= 0.3 is 5.97 Å². The Morgan fingerprint density at radius 2 is 2.06 bits per heavy atom. The van der Waals surface area contributed by atoms with E-state index in [4.69, 9.17) is 10.2 Å². The summed E-state index contributed by atoms with van der Waals surface area (Å²) in [6, 6.07) is -0.856. The first-order chi connectivity index (χ1) is 7.47. The van der Waals surface area contributed by atoms with E-state index in [9.17, 15) is 9.59 Å². The maximum absolute atomic E-state index is 10.7. The molecule has 0 rings (SSSR count). The Hall–Kier alpha value is -1.01. The van der Waals surface area contributed by atoms with E-state index >= 15 is 0 Å². The van der Waals surface area contributed by atoms with Gasteiger partial charge in [0.2, 0.25) is 5.91 Å². The van der Waals surface area contributed by atoms with E-state index in [1.165, 1.54) is 18.7 Å². The Morgan fingerprint density at radius 3 is 2.50 bits per heavy atom. The number of aliphatic hydroxyl groups is 1. The van der Waals surface area contributed by atoms with Gasteiger partial charge in [-0.15, -0.1) is 0 Å². The summed E-state index contributed by atoms with van der Waals surface area (Å²) >= 11 is 1.39. The molecule has 92 valence electrons. The van der Waals surface area contributed by atoms with Gasteiger partial charge in [-0.2, -0.15) is 11.8 Å². The molecule has 0 unspecified atom stereocenters. The third-order valence-corrected chi connectivity index (χ3v) is 2.73. The van der Waals surface area contributed by atoms with Crippen LogP contribution in [-0.4, -0.2) is 46.2 Å². The lowest BCUT2D eigenvalue weighted by molar-refractivity contribution is -0.140. The first-order valence-corrected chi connectivity index (χ1v) is 5.97. The normalized spacial score (nSPS) is 13.3. The minimum atomic E-state index is -1.04. The summed E-state index contributed by atoms with van der Waals surface area (Å²) in [6.45, 7) is 3.09. The minimum Gasteiger partial charge on any atom is -0.480 e. The molecule has 0 aliphatic carbocycles. The van der Waals surface area contributed by atoms with Crippen molar-refractivity contribution in [2.24, 2.45) is 0 Å². The van der Waals surface area contributed by atoms with Crippen molar-refractivity contribution in [3.8, 4) is 0 Å². The lowest BCUT2D eigenvalue weighted by atomic mass is 10.3. The lowest BCUT2D eigenvalue weighted by Gasteiger charge is -2.11. The smallest absolute Gasteiger partial charge is 0.327 e. The molecule has 0 fully saturated rings. The SMILES string of the molecule is CC(=O)N[C@@H](CSC/C=C(\C)CO)C(=O)O. The number of amides is 1. The molecule has 1 amide bonds. The predicted octanol–water partition coefficient (Wildman–Crippen LogP) is 0.248. The zero-order valence-electron chi connectivity index (χ0n) is 9.40. The first-order valence-electron chi connectivity index (χ1n) is 4.81. The van der Waals surface area contributed by atoms with Crippen molar-refractivity contribution in [3.05, 3.63) is 11.6 Å². The number of aliphatic hydroxyl groups excluding tert-OH is 1. The summed E-state index contributed by atoms with van der Waals surface area (Å²) in [5, 5.41) is 19.9. The molecule has 6 heteroatoms. The Kier molecular flexibility index (Phi) is 7.66. The quantitative estimate of drug-likeness (QED) is 0.443. The summed E-state index contributed by atoms with van der Waals surface area (Å²) in [5.74, 6) is -0.458. The van der Waals surface area contributed by atoms with E-state index in [1.54, 1.807) is 6.92 Å². The van der Waals surface area contributed by atoms with Crippen LogP contribution in [0.2, 0.25) is 0 Å². The van der Waals surface area contributed by atoms with Gasteiger partial charge in [0.15, 0.2) is 0 Å². The maximum Gasteiger partial charge on any atom is 0.327 e. The van der Waals surface area contributed by atoms with E-state index < -0.39 is 12.0 Å². The number of carboxylic acids is 1. The zero-order chi connectivity index (χ0) is 12.6. The van der Waals surface area contributed by atoms with Crippen molar-refractivity contribution in [1.29, 1.82) is 0 Å². The van der Waals surface area contributed by atoms with E-state index in [-0.39, 0.29) is 12.5 Å². The molecule has 0 aliphatic rings. The Balaban J connectivity index is 3.94. The number of hydrogen-bond acceptors (Lipinski definition) is 4. The highest BCUT2D eigenvalue weighted by atomic mass is 32.2. The summed E-state index contributed by atoms with van der Waals surface area (Å²) in [7, 11) is 0. The lowest BCUT2D eigenvalue weighted by Crippen LogP contribution is -2.41. The molecular weight excluding hydrogens is 230 g/mol. The van der Waals surface area contributed by atoms with Crippen LogP contribution in [0.1, 0.15) is 13.8 Å². The highest BCUT2D eigenvalue weighted by Gasteiger charge is 2.17. The summed E-state index contributed by atoms with van der Waals surface area (Å²) in [5.41, 5.74) is 0.846. The van der Waals surface area contributed by atoms with Crippen molar-refractivity contribution in [3.63, 3.8) is 0 Å². The molecule has 0 aromatic heterocycles. The van der Waals surface area contributed by atoms with Crippen molar-refractivity contribution in [1.82, 2.24) is 5.32 Å². The number of aliphatic carboxylic acids is 1. The molecule has 1 atom stereocenters. The van der Waals surface area contributed by atoms with Gasteiger partial charge in [0.1, 0.15) is 6.04 Å². The van der Waals surface area contributed by atoms with Crippen LogP contribution in [0.25, 0.3) is 0 Å². The van der Waals surface area contributed by atoms with Gasteiger partial charge in [-0.25, -0.2) is 4.79 Å². The van der Waals surface area contributed by atoms with Gasteiger partial charge in [0.05, 0.1) is 6.61 Å². The Bertz CT molecular complexity index is 278. The molecule has 0 aromatic rings. The van der Waals surface area contributed by atoms with Crippen molar-refractivity contribution >= 4 is 23.6 Å². The molecule has 0 saturated heterocycles. The molecule has 3 N–H and O–H groups in total. The number of thioether (sulfide) groups is 1. The number of carboxylic acid groups (broad SMARTS) is 1. The standard InChI is InChI=1S/C10H17NO4S/c1-7(5-12)3-4-16-6-9(10(14)15)11-8(2)13/h3,9,12H,4-6H2,1-2H3,(H,11,13)(H,14,15)/b7-3+/t9-/m0/s1. The largest absolute Gasteiger partial charge is 0.480 e. The van der Waals surface area contributed by atoms with Crippen molar-refractivity contribution in [2.75, 3.05) is 18.1 Å². The topological polar surface area (TPSA) is 86.6 Å². The number of hydrogen-bond donors (Lipinski definition) is 3. The van der Waals surface area contributed by atoms with Crippen molar-refractivity contribution < 1.29 is 19.8 Å². The second kappa shape index (κ2) is 8.18. The fraction of sp³-hybridized carbons (Fsp3) is 0.600. The molecule has 0 spiro atoms. The van der Waals surface area contributed by atoms with Crippen LogP contribution in [0.5, 0.6) is 0 Å². The average Bonchev–Trinajstić information content (AvgIpc) is 2.21. The molecule has 0 bridgehead atoms. The first kappa shape index (κ1) is 15.0. The van der Waals surface area contributed by atoms with Gasteiger partial charge in [-0.3, -0.25) is 4.79 Å². The molecule has 0 aromatic carbocycles. The van der Waals surface area contributed by atoms with E-state index in [2.05, 4.69) is 5.32 Å². The molecule has 0 aliphatic heterocycles. The molecule has 0 saturated carbocycles. The number of carbonyl (C=O) groups excluding carboxylic acids is 1. The average molecular weight is 247 g/mol. The fourth-order valence-electron chi connectivity index (χ4n) is 0.872. The highest BCUT2D eigenvalue weighted by Crippen LogP contribution is 2.05. The van der Waals surface area contributed by atoms with Crippen LogP contribution in [0.15, 0.2) is 11.6 Å². The third kappa shape index (κ3) is 7.30. The molecule has 16 heavy (non-hydrogen) atoms. The van der Waals surface area contributed by atoms with Crippen LogP contribution >= 0.6 is 11.8 Å². The Morgan fingerprint density at radius 1 is 1.44 bits per heavy atom. The summed E-state index contributed by atoms with van der Waals surface area (Å²) in [6.07, 6.45) is 1.83. The number of carbonyl (C=O) groups is 2. The zero-order valence-corrected chi connectivity index (χ0v) is 10.2. The molecular formula is C10H17NO4S. The minimum absolute atomic E-state index is 0.00855. The van der Waals surface area contributed by atoms with Gasteiger partial charge in [0, 0.05) is 18.4 Å². The van der Waals surface area contributed by atoms with Crippen LogP contribution in [-0.2, 0) is 9.59 Å². The van der Waals surface area contributed by atoms with Crippen LogP contribution in [0, 0.1) is 0 Å². The Labute approximate surface area is 98.9 Å². The predicted molar refractivity (Wildman–Crippen MR) is 63.4 cm³/mol. The fourth-order valence-corrected chi connectivity index (χ4v) is 1.87. The van der Waals surface area contributed by atoms with Crippen LogP contribution < -0.4 is 5.32 Å². The van der Waals surface area contributed by atoms with Gasteiger partial charge < -0.3 is 15.5 Å². The maximum atomic E-state index is 10.7. The van der Waals surface area contributed by atoms with E-state index in [1.807, 2.05) is 6.08 Å². The second-order valence-corrected chi connectivity index (χ2v) is 4.41. The third-order valence-electron chi connectivity index (χ3n) is 1.76. The second-order valence-electron chi connectivity index (χ2n) is 3.34. The molecule has 5 nitrogen and oxygen atoms in total. The van der Waals surface area contributed by atoms with E-state index in [0.717, 1.165) is 5.57 Å². The molecule has 0 heterocycles. The van der Waals surface area contributed by atoms with E-state index in [0.29, 0.717) is 11.5 Å². The summed E-state index contributed by atoms with van der Waals surface area (Å²) in [4.78, 5) is 21.5.